The first-order valence-corrected chi connectivity index (χ1v) is 28.2. The van der Waals surface area contributed by atoms with Gasteiger partial charge in [-0.25, -0.2) is 22.5 Å². The van der Waals surface area contributed by atoms with E-state index in [9.17, 15) is 18.3 Å². The van der Waals surface area contributed by atoms with E-state index in [0.717, 1.165) is 81.9 Å². The summed E-state index contributed by atoms with van der Waals surface area (Å²) in [5, 5.41) is 14.8. The Bertz CT molecular complexity index is 3350. The van der Waals surface area contributed by atoms with Crippen LogP contribution in [0.25, 0.3) is 22.0 Å². The molecule has 400 valence electrons. The molecule has 1 atom stereocenters. The minimum Gasteiger partial charge on any atom is -0.497 e. The average Bonchev–Trinajstić information content (AvgIpc) is 4.12. The van der Waals surface area contributed by atoms with Gasteiger partial charge in [0.15, 0.2) is 5.58 Å². The first kappa shape index (κ1) is 51.4. The highest BCUT2D eigenvalue weighted by molar-refractivity contribution is 7.90. The number of fused-ring (bicyclic) bond motifs is 2. The van der Waals surface area contributed by atoms with E-state index in [1.807, 2.05) is 30.0 Å². The number of furan rings is 1. The molecule has 4 aromatic carbocycles. The van der Waals surface area contributed by atoms with E-state index in [1.165, 1.54) is 47.3 Å². The molecule has 6 N–H and O–H groups in total. The Kier molecular flexibility index (Phi) is 14.0. The maximum Gasteiger partial charge on any atom is 0.268 e. The van der Waals surface area contributed by atoms with Crippen molar-refractivity contribution in [1.82, 2.24) is 24.5 Å². The molecule has 4 aliphatic rings. The molecule has 0 radical (unpaired) electrons. The Morgan fingerprint density at radius 3 is 2.49 bits per heavy atom. The van der Waals surface area contributed by atoms with Crippen LogP contribution in [0.4, 0.5) is 21.5 Å². The second kappa shape index (κ2) is 20.7. The number of nitrogens with two attached hydrogens (primary N) is 1. The smallest absolute Gasteiger partial charge is 0.268 e. The Morgan fingerprint density at radius 1 is 0.974 bits per heavy atom. The van der Waals surface area contributed by atoms with Gasteiger partial charge in [-0.1, -0.05) is 50.2 Å². The van der Waals surface area contributed by atoms with Gasteiger partial charge in [0.25, 0.3) is 15.9 Å². The summed E-state index contributed by atoms with van der Waals surface area (Å²) < 4.78 is 65.0. The fraction of sp³-hybridized carbons (Fsp3) is 0.424. The van der Waals surface area contributed by atoms with Gasteiger partial charge in [0, 0.05) is 80.9 Å². The van der Waals surface area contributed by atoms with Crippen molar-refractivity contribution in [3.8, 4) is 17.2 Å². The number of carbonyl (C=O) groups excluding carboxylic acids is 1. The number of amides is 1. The van der Waals surface area contributed by atoms with Gasteiger partial charge >= 0.3 is 0 Å². The summed E-state index contributed by atoms with van der Waals surface area (Å²) in [6, 6.07) is 27.0. The predicted molar refractivity (Wildman–Crippen MR) is 294 cm³/mol. The van der Waals surface area contributed by atoms with E-state index in [2.05, 4.69) is 80.1 Å². The topological polar surface area (TPSA) is 192 Å². The van der Waals surface area contributed by atoms with Crippen molar-refractivity contribution < 1.29 is 36.6 Å². The highest BCUT2D eigenvalue weighted by atomic mass is 32.2. The maximum atomic E-state index is 16.7. The number of nitrogen functional groups attached to an aromatic ring is 1. The highest BCUT2D eigenvalue weighted by Crippen LogP contribution is 2.54. The van der Waals surface area contributed by atoms with Crippen LogP contribution in [0.15, 0.2) is 113 Å². The van der Waals surface area contributed by atoms with Gasteiger partial charge in [-0.15, -0.1) is 0 Å². The van der Waals surface area contributed by atoms with Gasteiger partial charge in [-0.2, -0.15) is 0 Å². The minimum absolute atomic E-state index is 0.0274. The van der Waals surface area contributed by atoms with Gasteiger partial charge in [0.1, 0.15) is 39.3 Å². The molecule has 2 saturated carbocycles. The number of aliphatic hydroxyl groups is 1. The molecule has 11 rings (SSSR count). The summed E-state index contributed by atoms with van der Waals surface area (Å²) in [6.45, 7) is 11.9. The summed E-state index contributed by atoms with van der Waals surface area (Å²) in [4.78, 5) is 28.9. The van der Waals surface area contributed by atoms with Crippen LogP contribution in [0.2, 0.25) is 0 Å². The van der Waals surface area contributed by atoms with Gasteiger partial charge < -0.3 is 39.9 Å². The summed E-state index contributed by atoms with van der Waals surface area (Å²) in [5.74, 6) is 0.0288. The standard InChI is InChI=1S/C59H69FN8O7S/c1-37(2)44-7-5-6-8-45(44)51-36-66(35-39-9-11-42(73-4)12-10-39)24-25-68(51)41-31-59(32-41)19-22-67(23-20-59)50-30-52(75-43-27-40-15-21-62-56(40)64-34-43)47(28-48(50)60)57(69)65-76(71,72)53-29-49(61)54(55-46(53)16-26-74-55)63-33-38-13-17-58(3,70)18-14-38/h5-12,15-16,21,26-30,34,37-38,41,51,63,70H,13-14,17-20,22-25,31-33,35-36,61H2,1-4H3,(H,62,64)(H,65,69)/t38?,51-,58?/m0/s1. The number of nitrogens with zero attached hydrogens (tertiary/aromatic N) is 4. The van der Waals surface area contributed by atoms with Crippen molar-refractivity contribution in [3.05, 3.63) is 132 Å². The zero-order valence-corrected chi connectivity index (χ0v) is 44.6. The van der Waals surface area contributed by atoms with E-state index in [-0.39, 0.29) is 61.7 Å². The fourth-order valence-electron chi connectivity index (χ4n) is 12.5. The molecule has 1 spiro atoms. The lowest BCUT2D eigenvalue weighted by Gasteiger charge is -2.58. The molecule has 17 heteroatoms. The normalized spacial score (nSPS) is 21.5. The van der Waals surface area contributed by atoms with Crippen molar-refractivity contribution in [2.45, 2.75) is 107 Å². The van der Waals surface area contributed by atoms with E-state index in [1.54, 1.807) is 19.4 Å². The Morgan fingerprint density at radius 2 is 1.74 bits per heavy atom. The predicted octanol–water partition coefficient (Wildman–Crippen LogP) is 10.7. The number of benzene rings is 4. The average molecular weight is 1050 g/mol. The molecule has 5 heterocycles. The number of aromatic amines is 1. The molecule has 2 aliphatic carbocycles. The summed E-state index contributed by atoms with van der Waals surface area (Å²) in [5.41, 5.74) is 11.4. The number of ether oxygens (including phenoxy) is 2. The van der Waals surface area contributed by atoms with Crippen molar-refractivity contribution in [2.24, 2.45) is 11.3 Å². The van der Waals surface area contributed by atoms with Crippen LogP contribution < -0.4 is 30.1 Å². The summed E-state index contributed by atoms with van der Waals surface area (Å²) in [7, 11) is -2.93. The SMILES string of the molecule is COc1ccc(CN2CCN(C3CC4(CCN(c5cc(Oc6cnc7[nH]ccc7c6)c(C(=O)NS(=O)(=O)c6cc(N)c(NCC7CCC(C)(O)CC7)c7occc67)cc5F)CC4)C3)[C@H](c3ccccc3C(C)C)C2)cc1. The highest BCUT2D eigenvalue weighted by Gasteiger charge is 2.50. The minimum atomic E-state index is -4.62. The van der Waals surface area contributed by atoms with Crippen LogP contribution in [-0.4, -0.2) is 97.2 Å². The van der Waals surface area contributed by atoms with Gasteiger partial charge in [0.2, 0.25) is 0 Å². The molecule has 0 unspecified atom stereocenters. The van der Waals surface area contributed by atoms with Gasteiger partial charge in [0.05, 0.1) is 42.1 Å². The summed E-state index contributed by atoms with van der Waals surface area (Å²) >= 11 is 0. The molecular weight excluding hydrogens is 984 g/mol. The van der Waals surface area contributed by atoms with E-state index in [0.29, 0.717) is 55.8 Å². The number of piperazine rings is 1. The molecule has 15 nitrogen and oxygen atoms in total. The number of H-pyrrole nitrogens is 1. The van der Waals surface area contributed by atoms with Crippen LogP contribution in [0, 0.1) is 17.2 Å². The van der Waals surface area contributed by atoms with Crippen molar-refractivity contribution in [2.75, 3.05) is 62.3 Å². The third-order valence-corrected chi connectivity index (χ3v) is 18.3. The lowest BCUT2D eigenvalue weighted by molar-refractivity contribution is -0.0628. The molecule has 1 amide bonds. The Hall–Kier alpha value is -6.66. The monoisotopic (exact) mass is 1050 g/mol. The molecular formula is C59H69FN8O7S. The molecule has 0 bridgehead atoms. The number of rotatable bonds is 15. The number of sulfonamides is 1. The number of halogens is 1. The van der Waals surface area contributed by atoms with Crippen molar-refractivity contribution >= 4 is 55.0 Å². The zero-order valence-electron chi connectivity index (χ0n) is 43.8. The molecule has 2 aliphatic heterocycles. The Balaban J connectivity index is 0.804. The molecule has 2 saturated heterocycles. The first-order chi connectivity index (χ1) is 36.5. The van der Waals surface area contributed by atoms with Crippen LogP contribution in [0.3, 0.4) is 0 Å². The fourth-order valence-corrected chi connectivity index (χ4v) is 13.7. The maximum absolute atomic E-state index is 16.7. The molecule has 3 aromatic heterocycles. The third-order valence-electron chi connectivity index (χ3n) is 16.9. The lowest BCUT2D eigenvalue weighted by Crippen LogP contribution is -2.60. The number of aromatic nitrogens is 2. The van der Waals surface area contributed by atoms with Gasteiger partial charge in [-0.05, 0) is 135 Å². The Labute approximate surface area is 444 Å². The van der Waals surface area contributed by atoms with E-state index >= 15 is 4.39 Å². The first-order valence-electron chi connectivity index (χ1n) is 26.8. The number of piperidine rings is 1. The van der Waals surface area contributed by atoms with Crippen molar-refractivity contribution in [1.29, 1.82) is 0 Å². The van der Waals surface area contributed by atoms with Crippen LogP contribution in [0.5, 0.6) is 17.2 Å². The number of anilines is 3. The lowest BCUT2D eigenvalue weighted by atomic mass is 9.59. The number of hydrogen-bond acceptors (Lipinski definition) is 13. The van der Waals surface area contributed by atoms with Crippen LogP contribution in [-0.2, 0) is 16.6 Å². The third kappa shape index (κ3) is 10.5. The second-order valence-electron chi connectivity index (χ2n) is 22.4. The quantitative estimate of drug-likeness (QED) is 0.0610. The van der Waals surface area contributed by atoms with E-state index in [4.69, 9.17) is 19.6 Å². The number of carbonyl (C=O) groups is 1. The van der Waals surface area contributed by atoms with Crippen molar-refractivity contribution in [3.63, 3.8) is 0 Å². The largest absolute Gasteiger partial charge is 0.497 e. The number of hydrogen-bond donors (Lipinski definition) is 5. The van der Waals surface area contributed by atoms with E-state index < -0.39 is 27.3 Å². The van der Waals surface area contributed by atoms with Crippen LogP contribution >= 0.6 is 0 Å². The molecule has 7 aromatic rings. The zero-order chi connectivity index (χ0) is 52.9. The second-order valence-corrected chi connectivity index (χ2v) is 24.1. The molecule has 76 heavy (non-hydrogen) atoms. The number of pyridine rings is 1. The summed E-state index contributed by atoms with van der Waals surface area (Å²) in [6.07, 6.45) is 11.5. The number of methoxy groups -OCH3 is 1. The number of nitrogens with one attached hydrogen (secondary N) is 3. The van der Waals surface area contributed by atoms with Crippen LogP contribution in [0.1, 0.15) is 111 Å². The molecule has 4 fully saturated rings. The van der Waals surface area contributed by atoms with Gasteiger partial charge in [-0.3, -0.25) is 14.6 Å².